The lowest BCUT2D eigenvalue weighted by molar-refractivity contribution is -0.227. The predicted molar refractivity (Wildman–Crippen MR) is 60.5 cm³/mol. The fraction of sp³-hybridized carbons (Fsp3) is 0.538. The molecule has 4 heteroatoms. The van der Waals surface area contributed by atoms with Crippen LogP contribution < -0.4 is 0 Å². The highest BCUT2D eigenvalue weighted by atomic mass is 19.4. The topological polar surface area (TPSA) is 9.23 Å². The largest absolute Gasteiger partial charge is 0.414 e. The minimum absolute atomic E-state index is 0.00225. The third-order valence-corrected chi connectivity index (χ3v) is 2.34. The second kappa shape index (κ2) is 6.05. The van der Waals surface area contributed by atoms with Gasteiger partial charge >= 0.3 is 6.18 Å². The fourth-order valence-electron chi connectivity index (χ4n) is 1.50. The standard InChI is InChI=1S/C13H17F3O/c1-10(2)8-12(13(14,15)16)17-9-11-6-4-3-5-7-11/h3-7,10,12H,8-9H2,1-2H3/t12-/m1/s1. The predicted octanol–water partition coefficient (Wildman–Crippen LogP) is 4.18. The Hall–Kier alpha value is -1.03. The van der Waals surface area contributed by atoms with Gasteiger partial charge in [-0.3, -0.25) is 0 Å². The monoisotopic (exact) mass is 246 g/mol. The van der Waals surface area contributed by atoms with E-state index < -0.39 is 12.3 Å². The van der Waals surface area contributed by atoms with E-state index in [4.69, 9.17) is 4.74 Å². The normalized spacial score (nSPS) is 14.0. The number of alkyl halides is 3. The molecule has 0 radical (unpaired) electrons. The highest BCUT2D eigenvalue weighted by molar-refractivity contribution is 5.13. The summed E-state index contributed by atoms with van der Waals surface area (Å²) in [5, 5.41) is 0. The van der Waals surface area contributed by atoms with Crippen LogP contribution in [0.2, 0.25) is 0 Å². The van der Waals surface area contributed by atoms with E-state index in [-0.39, 0.29) is 18.9 Å². The fourth-order valence-corrected chi connectivity index (χ4v) is 1.50. The molecule has 0 fully saturated rings. The number of halogens is 3. The van der Waals surface area contributed by atoms with E-state index >= 15 is 0 Å². The maximum atomic E-state index is 12.7. The lowest BCUT2D eigenvalue weighted by atomic mass is 10.1. The highest BCUT2D eigenvalue weighted by Crippen LogP contribution is 2.28. The van der Waals surface area contributed by atoms with Crippen LogP contribution in [0.3, 0.4) is 0 Å². The van der Waals surface area contributed by atoms with Crippen molar-refractivity contribution in [1.29, 1.82) is 0 Å². The SMILES string of the molecule is CC(C)C[C@@H](OCc1ccccc1)C(F)(F)F. The average Bonchev–Trinajstić information content (AvgIpc) is 2.23. The molecule has 1 aromatic carbocycles. The van der Waals surface area contributed by atoms with Gasteiger partial charge in [0.1, 0.15) is 0 Å². The van der Waals surface area contributed by atoms with Crippen LogP contribution in [0, 0.1) is 5.92 Å². The second-order valence-electron chi connectivity index (χ2n) is 4.46. The van der Waals surface area contributed by atoms with E-state index in [0.29, 0.717) is 0 Å². The van der Waals surface area contributed by atoms with Crippen molar-refractivity contribution in [3.8, 4) is 0 Å². The van der Waals surface area contributed by atoms with E-state index in [2.05, 4.69) is 0 Å². The van der Waals surface area contributed by atoms with Crippen LogP contribution in [0.15, 0.2) is 30.3 Å². The van der Waals surface area contributed by atoms with Crippen molar-refractivity contribution >= 4 is 0 Å². The minimum atomic E-state index is -4.29. The van der Waals surface area contributed by atoms with Gasteiger partial charge in [0.2, 0.25) is 0 Å². The lowest BCUT2D eigenvalue weighted by Crippen LogP contribution is -2.32. The zero-order valence-corrected chi connectivity index (χ0v) is 10.00. The van der Waals surface area contributed by atoms with E-state index in [9.17, 15) is 13.2 Å². The van der Waals surface area contributed by atoms with Gasteiger partial charge in [-0.15, -0.1) is 0 Å². The summed E-state index contributed by atoms with van der Waals surface area (Å²) in [4.78, 5) is 0. The molecule has 96 valence electrons. The van der Waals surface area contributed by atoms with Crippen molar-refractivity contribution in [2.45, 2.75) is 39.2 Å². The number of hydrogen-bond donors (Lipinski definition) is 0. The summed E-state index contributed by atoms with van der Waals surface area (Å²) in [7, 11) is 0. The van der Waals surface area contributed by atoms with Crippen molar-refractivity contribution in [1.82, 2.24) is 0 Å². The van der Waals surface area contributed by atoms with Gasteiger partial charge in [0.25, 0.3) is 0 Å². The first-order valence-electron chi connectivity index (χ1n) is 5.62. The van der Waals surface area contributed by atoms with Gasteiger partial charge < -0.3 is 4.74 Å². The van der Waals surface area contributed by atoms with E-state index in [1.54, 1.807) is 38.1 Å². The van der Waals surface area contributed by atoms with Gasteiger partial charge in [-0.25, -0.2) is 0 Å². The molecule has 0 saturated carbocycles. The summed E-state index contributed by atoms with van der Waals surface area (Å²) in [5.41, 5.74) is 0.755. The van der Waals surface area contributed by atoms with Crippen molar-refractivity contribution in [3.05, 3.63) is 35.9 Å². The van der Waals surface area contributed by atoms with Crippen LogP contribution in [0.4, 0.5) is 13.2 Å². The maximum Gasteiger partial charge on any atom is 0.414 e. The highest BCUT2D eigenvalue weighted by Gasteiger charge is 2.40. The summed E-state index contributed by atoms with van der Waals surface area (Å²) in [6, 6.07) is 8.89. The molecule has 0 aliphatic heterocycles. The Bertz CT molecular complexity index is 319. The molecule has 17 heavy (non-hydrogen) atoms. The summed E-state index contributed by atoms with van der Waals surface area (Å²) >= 11 is 0. The van der Waals surface area contributed by atoms with Crippen molar-refractivity contribution in [2.24, 2.45) is 5.92 Å². The maximum absolute atomic E-state index is 12.7. The Morgan fingerprint density at radius 3 is 2.18 bits per heavy atom. The number of ether oxygens (including phenoxy) is 1. The molecular formula is C13H17F3O. The van der Waals surface area contributed by atoms with Crippen LogP contribution in [0.5, 0.6) is 0 Å². The van der Waals surface area contributed by atoms with Crippen LogP contribution in [0.1, 0.15) is 25.8 Å². The Balaban J connectivity index is 2.56. The Morgan fingerprint density at radius 1 is 1.12 bits per heavy atom. The molecule has 0 heterocycles. The molecule has 0 aliphatic carbocycles. The summed E-state index contributed by atoms with van der Waals surface area (Å²) in [6.45, 7) is 3.51. The summed E-state index contributed by atoms with van der Waals surface area (Å²) in [6.07, 6.45) is -5.97. The molecule has 0 spiro atoms. The molecule has 1 nitrogen and oxygen atoms in total. The van der Waals surface area contributed by atoms with Crippen molar-refractivity contribution in [3.63, 3.8) is 0 Å². The molecule has 1 atom stereocenters. The molecule has 0 aromatic heterocycles. The number of benzene rings is 1. The number of hydrogen-bond acceptors (Lipinski definition) is 1. The first-order chi connectivity index (χ1) is 7.89. The minimum Gasteiger partial charge on any atom is -0.364 e. The zero-order chi connectivity index (χ0) is 12.9. The molecule has 0 unspecified atom stereocenters. The Kier molecular flexibility index (Phi) is 5.00. The van der Waals surface area contributed by atoms with Gasteiger partial charge in [0.05, 0.1) is 6.61 Å². The molecule has 0 bridgehead atoms. The quantitative estimate of drug-likeness (QED) is 0.757. The molecule has 0 amide bonds. The van der Waals surface area contributed by atoms with Gasteiger partial charge in [0, 0.05) is 0 Å². The molecule has 1 aromatic rings. The Labute approximate surface area is 99.6 Å². The molecule has 0 aliphatic rings. The number of rotatable bonds is 5. The van der Waals surface area contributed by atoms with Gasteiger partial charge in [-0.05, 0) is 17.9 Å². The van der Waals surface area contributed by atoms with Crippen molar-refractivity contribution in [2.75, 3.05) is 0 Å². The summed E-state index contributed by atoms with van der Waals surface area (Å²) in [5.74, 6) is -0.0441. The van der Waals surface area contributed by atoms with Crippen LogP contribution in [0.25, 0.3) is 0 Å². The summed E-state index contributed by atoms with van der Waals surface area (Å²) < 4.78 is 43.0. The van der Waals surface area contributed by atoms with Crippen molar-refractivity contribution < 1.29 is 17.9 Å². The van der Waals surface area contributed by atoms with Crippen LogP contribution >= 0.6 is 0 Å². The Morgan fingerprint density at radius 2 is 1.71 bits per heavy atom. The van der Waals surface area contributed by atoms with Crippen LogP contribution in [-0.4, -0.2) is 12.3 Å². The van der Waals surface area contributed by atoms with E-state index in [0.717, 1.165) is 5.56 Å². The molecule has 1 rings (SSSR count). The van der Waals surface area contributed by atoms with E-state index in [1.165, 1.54) is 0 Å². The smallest absolute Gasteiger partial charge is 0.364 e. The van der Waals surface area contributed by atoms with Crippen LogP contribution in [-0.2, 0) is 11.3 Å². The third kappa shape index (κ3) is 5.22. The van der Waals surface area contributed by atoms with Gasteiger partial charge in [-0.2, -0.15) is 13.2 Å². The third-order valence-electron chi connectivity index (χ3n) is 2.34. The first kappa shape index (κ1) is 14.0. The van der Waals surface area contributed by atoms with E-state index in [1.807, 2.05) is 6.07 Å². The average molecular weight is 246 g/mol. The molecule has 0 saturated heterocycles. The molecule has 0 N–H and O–H groups in total. The van der Waals surface area contributed by atoms with Gasteiger partial charge in [0.15, 0.2) is 6.10 Å². The lowest BCUT2D eigenvalue weighted by Gasteiger charge is -2.22. The van der Waals surface area contributed by atoms with Gasteiger partial charge in [-0.1, -0.05) is 44.2 Å². The molecular weight excluding hydrogens is 229 g/mol. The second-order valence-corrected chi connectivity index (χ2v) is 4.46. The first-order valence-corrected chi connectivity index (χ1v) is 5.62. The zero-order valence-electron chi connectivity index (χ0n) is 10.00.